The van der Waals surface area contributed by atoms with Gasteiger partial charge < -0.3 is 37.5 Å². The van der Waals surface area contributed by atoms with Crippen molar-refractivity contribution in [1.29, 1.82) is 0 Å². The molecule has 0 aliphatic rings. The van der Waals surface area contributed by atoms with Crippen LogP contribution in [0.5, 0.6) is 0 Å². The Kier molecular flexibility index (Phi) is 12.7. The van der Waals surface area contributed by atoms with Crippen molar-refractivity contribution in [2.24, 2.45) is 17.4 Å². The number of aromatic nitrogens is 1. The molecule has 11 heteroatoms. The molecule has 3 amide bonds. The van der Waals surface area contributed by atoms with Gasteiger partial charge in [-0.15, -0.1) is 0 Å². The maximum Gasteiger partial charge on any atom is 0.326 e. The Bertz CT molecular complexity index is 1360. The Labute approximate surface area is 252 Å². The third kappa shape index (κ3) is 9.65. The van der Waals surface area contributed by atoms with Gasteiger partial charge in [-0.3, -0.25) is 14.4 Å². The van der Waals surface area contributed by atoms with Crippen LogP contribution >= 0.6 is 0 Å². The molecule has 5 atom stereocenters. The number of hydrogen-bond acceptors (Lipinski definition) is 6. The van der Waals surface area contributed by atoms with Crippen LogP contribution in [-0.2, 0) is 32.0 Å². The summed E-state index contributed by atoms with van der Waals surface area (Å²) in [4.78, 5) is 55.3. The summed E-state index contributed by atoms with van der Waals surface area (Å²) < 4.78 is 0. The second-order valence-electron chi connectivity index (χ2n) is 11.0. The summed E-state index contributed by atoms with van der Waals surface area (Å²) in [5, 5.41) is 18.8. The van der Waals surface area contributed by atoms with E-state index in [1.54, 1.807) is 0 Å². The van der Waals surface area contributed by atoms with E-state index in [1.807, 2.05) is 74.6 Å². The van der Waals surface area contributed by atoms with Gasteiger partial charge in [-0.25, -0.2) is 4.79 Å². The molecule has 1 aromatic heterocycles. The first-order chi connectivity index (χ1) is 20.6. The minimum atomic E-state index is -1.16. The molecule has 2 aromatic carbocycles. The second-order valence-corrected chi connectivity index (χ2v) is 11.0. The molecule has 0 saturated carbocycles. The molecule has 5 unspecified atom stereocenters. The van der Waals surface area contributed by atoms with E-state index in [1.165, 1.54) is 0 Å². The topological polar surface area (TPSA) is 192 Å². The summed E-state index contributed by atoms with van der Waals surface area (Å²) in [6, 6.07) is 12.8. The van der Waals surface area contributed by atoms with Crippen LogP contribution in [0.15, 0.2) is 60.8 Å². The van der Waals surface area contributed by atoms with Gasteiger partial charge in [0, 0.05) is 23.5 Å². The summed E-state index contributed by atoms with van der Waals surface area (Å²) in [6.45, 7) is 4.15. The predicted molar refractivity (Wildman–Crippen MR) is 166 cm³/mol. The van der Waals surface area contributed by atoms with Crippen molar-refractivity contribution >= 4 is 34.6 Å². The number of rotatable bonds is 17. The molecule has 232 valence electrons. The summed E-state index contributed by atoms with van der Waals surface area (Å²) in [5.74, 6) is -3.09. The average Bonchev–Trinajstić information content (AvgIpc) is 3.41. The largest absolute Gasteiger partial charge is 0.480 e. The normalized spacial score (nSPS) is 14.7. The molecule has 0 saturated heterocycles. The van der Waals surface area contributed by atoms with Gasteiger partial charge in [0.05, 0.1) is 6.04 Å². The molecule has 1 heterocycles. The lowest BCUT2D eigenvalue weighted by molar-refractivity contribution is -0.142. The summed E-state index contributed by atoms with van der Waals surface area (Å²) in [7, 11) is 0. The van der Waals surface area contributed by atoms with Gasteiger partial charge >= 0.3 is 5.97 Å². The number of nitrogens with one attached hydrogen (secondary N) is 4. The van der Waals surface area contributed by atoms with Crippen LogP contribution in [0.4, 0.5) is 0 Å². The third-order valence-electron chi connectivity index (χ3n) is 7.72. The van der Waals surface area contributed by atoms with E-state index in [9.17, 15) is 24.3 Å². The number of aromatic amines is 1. The van der Waals surface area contributed by atoms with Crippen LogP contribution < -0.4 is 27.4 Å². The fourth-order valence-electron chi connectivity index (χ4n) is 4.94. The first-order valence-electron chi connectivity index (χ1n) is 14.8. The lowest BCUT2D eigenvalue weighted by Crippen LogP contribution is -2.59. The van der Waals surface area contributed by atoms with Gasteiger partial charge in [0.2, 0.25) is 17.7 Å². The number of nitrogens with two attached hydrogens (primary N) is 2. The van der Waals surface area contributed by atoms with Crippen molar-refractivity contribution in [2.75, 3.05) is 6.54 Å². The van der Waals surface area contributed by atoms with Gasteiger partial charge in [0.15, 0.2) is 0 Å². The van der Waals surface area contributed by atoms with E-state index < -0.39 is 47.9 Å². The molecule has 0 aliphatic heterocycles. The Hall–Kier alpha value is -4.22. The summed E-state index contributed by atoms with van der Waals surface area (Å²) in [5.41, 5.74) is 14.4. The van der Waals surface area contributed by atoms with Crippen LogP contribution in [0, 0.1) is 5.92 Å². The number of benzene rings is 2. The maximum absolute atomic E-state index is 13.6. The number of aliphatic carboxylic acids is 1. The molecule has 43 heavy (non-hydrogen) atoms. The van der Waals surface area contributed by atoms with Gasteiger partial charge in [-0.1, -0.05) is 68.8 Å². The number of fused-ring (bicyclic) bond motifs is 1. The number of para-hydroxylation sites is 1. The van der Waals surface area contributed by atoms with E-state index in [0.29, 0.717) is 25.8 Å². The minimum Gasteiger partial charge on any atom is -0.480 e. The molecule has 3 rings (SSSR count). The highest BCUT2D eigenvalue weighted by atomic mass is 16.4. The van der Waals surface area contributed by atoms with Gasteiger partial charge in [0.1, 0.15) is 18.1 Å². The molecule has 0 spiro atoms. The SMILES string of the molecule is CCC(C)C(NC(=O)C(N)Cc1c[nH]c2ccccc12)C(=O)NC(Cc1ccccc1)C(=O)NC(CCCCN)C(=O)O. The fraction of sp³-hybridized carbons (Fsp3) is 0.438. The molecular weight excluding hydrogens is 548 g/mol. The van der Waals surface area contributed by atoms with Crippen molar-refractivity contribution in [3.8, 4) is 0 Å². The van der Waals surface area contributed by atoms with Crippen molar-refractivity contribution in [3.05, 3.63) is 71.9 Å². The number of amides is 3. The maximum atomic E-state index is 13.6. The molecule has 0 radical (unpaired) electrons. The van der Waals surface area contributed by atoms with Crippen molar-refractivity contribution in [3.63, 3.8) is 0 Å². The number of carbonyl (C=O) groups is 4. The highest BCUT2D eigenvalue weighted by Gasteiger charge is 2.32. The number of carboxylic acids is 1. The first-order valence-corrected chi connectivity index (χ1v) is 14.8. The van der Waals surface area contributed by atoms with E-state index in [0.717, 1.165) is 22.0 Å². The minimum absolute atomic E-state index is 0.134. The van der Waals surface area contributed by atoms with Crippen molar-refractivity contribution in [1.82, 2.24) is 20.9 Å². The molecule has 9 N–H and O–H groups in total. The lowest BCUT2D eigenvalue weighted by Gasteiger charge is -2.28. The highest BCUT2D eigenvalue weighted by Crippen LogP contribution is 2.19. The van der Waals surface area contributed by atoms with E-state index in [4.69, 9.17) is 11.5 Å². The van der Waals surface area contributed by atoms with E-state index >= 15 is 0 Å². The standard InChI is InChI=1S/C32H44N6O5/c1-3-20(2)28(38-29(39)24(34)18-22-19-35-25-14-8-7-13-23(22)25)31(41)37-27(17-21-11-5-4-6-12-21)30(40)36-26(32(42)43)15-9-10-16-33/h4-8,11-14,19-20,24,26-28,35H,3,9-10,15-18,33-34H2,1-2H3,(H,36,40)(H,37,41)(H,38,39)(H,42,43). The van der Waals surface area contributed by atoms with Crippen LogP contribution in [0.1, 0.15) is 50.7 Å². The van der Waals surface area contributed by atoms with Crippen LogP contribution in [0.25, 0.3) is 10.9 Å². The number of carbonyl (C=O) groups excluding carboxylic acids is 3. The zero-order valence-corrected chi connectivity index (χ0v) is 24.8. The van der Waals surface area contributed by atoms with Gasteiger partial charge in [0.25, 0.3) is 0 Å². The zero-order chi connectivity index (χ0) is 31.4. The summed E-state index contributed by atoms with van der Waals surface area (Å²) >= 11 is 0. The van der Waals surface area contributed by atoms with Crippen molar-refractivity contribution < 1.29 is 24.3 Å². The highest BCUT2D eigenvalue weighted by molar-refractivity contribution is 5.94. The third-order valence-corrected chi connectivity index (χ3v) is 7.72. The smallest absolute Gasteiger partial charge is 0.326 e. The Morgan fingerprint density at radius 1 is 0.860 bits per heavy atom. The quantitative estimate of drug-likeness (QED) is 0.117. The van der Waals surface area contributed by atoms with Crippen molar-refractivity contribution in [2.45, 2.75) is 76.5 Å². The van der Waals surface area contributed by atoms with Crippen LogP contribution in [0.3, 0.4) is 0 Å². The van der Waals surface area contributed by atoms with Gasteiger partial charge in [-0.2, -0.15) is 0 Å². The molecule has 3 aromatic rings. The van der Waals surface area contributed by atoms with Gasteiger partial charge in [-0.05, 0) is 55.3 Å². The van der Waals surface area contributed by atoms with Crippen LogP contribution in [0.2, 0.25) is 0 Å². The fourth-order valence-corrected chi connectivity index (χ4v) is 4.94. The van der Waals surface area contributed by atoms with Crippen LogP contribution in [-0.4, -0.2) is 64.5 Å². The van der Waals surface area contributed by atoms with E-state index in [2.05, 4.69) is 20.9 Å². The van der Waals surface area contributed by atoms with E-state index in [-0.39, 0.29) is 25.2 Å². The second kappa shape index (κ2) is 16.4. The first kappa shape index (κ1) is 33.3. The Morgan fingerprint density at radius 3 is 2.21 bits per heavy atom. The molecule has 0 aliphatic carbocycles. The summed E-state index contributed by atoms with van der Waals surface area (Å²) in [6.07, 6.45) is 4.17. The number of carboxylic acid groups (broad SMARTS) is 1. The molecule has 11 nitrogen and oxygen atoms in total. The number of unbranched alkanes of at least 4 members (excludes halogenated alkanes) is 1. The predicted octanol–water partition coefficient (Wildman–Crippen LogP) is 1.99. The molecular formula is C32H44N6O5. The lowest BCUT2D eigenvalue weighted by atomic mass is 9.96. The Balaban J connectivity index is 1.75. The molecule has 0 fully saturated rings. The number of hydrogen-bond donors (Lipinski definition) is 7. The monoisotopic (exact) mass is 592 g/mol. The molecule has 0 bridgehead atoms. The average molecular weight is 593 g/mol. The zero-order valence-electron chi connectivity index (χ0n) is 24.8. The Morgan fingerprint density at radius 2 is 1.53 bits per heavy atom. The number of H-pyrrole nitrogens is 1.